The topological polar surface area (TPSA) is 61.0 Å². The van der Waals surface area contributed by atoms with Gasteiger partial charge in [0.15, 0.2) is 5.82 Å². The predicted molar refractivity (Wildman–Crippen MR) is 98.5 cm³/mol. The summed E-state index contributed by atoms with van der Waals surface area (Å²) in [6.07, 6.45) is 0. The molecular weight excluding hydrogens is 322 g/mol. The Morgan fingerprint density at radius 2 is 1.79 bits per heavy atom. The molecule has 0 aliphatic heterocycles. The van der Waals surface area contributed by atoms with Crippen LogP contribution in [0.3, 0.4) is 0 Å². The normalized spacial score (nSPS) is 11.1. The van der Waals surface area contributed by atoms with E-state index in [9.17, 15) is 0 Å². The molecule has 0 bridgehead atoms. The smallest absolute Gasteiger partial charge is 0.150 e. The molecule has 0 saturated carbocycles. The molecule has 1 heterocycles. The van der Waals surface area contributed by atoms with Gasteiger partial charge in [0.1, 0.15) is 11.4 Å². The van der Waals surface area contributed by atoms with Gasteiger partial charge in [0.2, 0.25) is 0 Å². The van der Waals surface area contributed by atoms with E-state index in [0.717, 1.165) is 21.9 Å². The van der Waals surface area contributed by atoms with Gasteiger partial charge in [-0.15, -0.1) is 0 Å². The maximum Gasteiger partial charge on any atom is 0.150 e. The third-order valence-corrected chi connectivity index (χ3v) is 4.24. The second kappa shape index (κ2) is 5.65. The van der Waals surface area contributed by atoms with E-state index in [2.05, 4.69) is 4.98 Å². The molecule has 0 aliphatic carbocycles. The van der Waals surface area contributed by atoms with Gasteiger partial charge in [-0.05, 0) is 35.0 Å². The number of hydrogen-bond donors (Lipinski definition) is 1. The molecule has 1 aromatic heterocycles. The van der Waals surface area contributed by atoms with Crippen LogP contribution in [0, 0.1) is 0 Å². The number of hydrogen-bond acceptors (Lipinski definition) is 4. The number of ether oxygens (including phenoxy) is 1. The number of anilines is 1. The van der Waals surface area contributed by atoms with Crippen molar-refractivity contribution in [2.45, 2.75) is 0 Å². The van der Waals surface area contributed by atoms with Gasteiger partial charge >= 0.3 is 0 Å². The zero-order valence-corrected chi connectivity index (χ0v) is 13.7. The second-order valence-corrected chi connectivity index (χ2v) is 5.89. The van der Waals surface area contributed by atoms with E-state index in [0.29, 0.717) is 27.8 Å². The number of fused-ring (bicyclic) bond motifs is 2. The lowest BCUT2D eigenvalue weighted by molar-refractivity contribution is 0.417. The summed E-state index contributed by atoms with van der Waals surface area (Å²) < 4.78 is 5.55. The standard InChI is InChI=1S/C19H14ClN3O/c1-24-16-9-6-11-4-2-3-5-13(11)17(16)18-19(21)23-15-10-12(20)7-8-14(15)22-18/h2-10H,1H3,(H2,21,23). The van der Waals surface area contributed by atoms with Crippen LogP contribution in [-0.2, 0) is 0 Å². The van der Waals surface area contributed by atoms with Gasteiger partial charge in [-0.1, -0.05) is 41.9 Å². The van der Waals surface area contributed by atoms with Gasteiger partial charge in [-0.3, -0.25) is 0 Å². The minimum atomic E-state index is 0.347. The highest BCUT2D eigenvalue weighted by Crippen LogP contribution is 2.38. The predicted octanol–water partition coefficient (Wildman–Crippen LogP) is 4.69. The first-order chi connectivity index (χ1) is 11.7. The number of nitrogens with two attached hydrogens (primary N) is 1. The van der Waals surface area contributed by atoms with E-state index in [1.165, 1.54) is 0 Å². The summed E-state index contributed by atoms with van der Waals surface area (Å²) in [5.41, 5.74) is 9.07. The summed E-state index contributed by atoms with van der Waals surface area (Å²) in [5, 5.41) is 2.71. The molecule has 0 saturated heterocycles. The van der Waals surface area contributed by atoms with Gasteiger partial charge in [0.05, 0.1) is 23.7 Å². The van der Waals surface area contributed by atoms with Crippen LogP contribution in [0.15, 0.2) is 54.6 Å². The zero-order chi connectivity index (χ0) is 16.7. The Labute approximate surface area is 143 Å². The number of nitrogen functional groups attached to an aromatic ring is 1. The first-order valence-electron chi connectivity index (χ1n) is 7.46. The third kappa shape index (κ3) is 2.32. The highest BCUT2D eigenvalue weighted by Gasteiger charge is 2.16. The molecular formula is C19H14ClN3O. The molecule has 2 N–H and O–H groups in total. The van der Waals surface area contributed by atoms with Crippen LogP contribution < -0.4 is 10.5 Å². The fourth-order valence-corrected chi connectivity index (χ4v) is 3.06. The van der Waals surface area contributed by atoms with Crippen molar-refractivity contribution in [3.8, 4) is 17.0 Å². The summed E-state index contributed by atoms with van der Waals surface area (Å²) in [7, 11) is 1.64. The number of nitrogens with zero attached hydrogens (tertiary/aromatic N) is 2. The van der Waals surface area contributed by atoms with Crippen LogP contribution >= 0.6 is 11.6 Å². The van der Waals surface area contributed by atoms with Crippen molar-refractivity contribution < 1.29 is 4.74 Å². The lowest BCUT2D eigenvalue weighted by atomic mass is 10.0. The van der Waals surface area contributed by atoms with Crippen LogP contribution in [-0.4, -0.2) is 17.1 Å². The Bertz CT molecular complexity index is 1080. The maximum absolute atomic E-state index is 6.21. The first-order valence-corrected chi connectivity index (χ1v) is 7.84. The molecule has 3 aromatic carbocycles. The Morgan fingerprint density at radius 3 is 2.62 bits per heavy atom. The van der Waals surface area contributed by atoms with Gasteiger partial charge in [-0.2, -0.15) is 0 Å². The number of rotatable bonds is 2. The summed E-state index contributed by atoms with van der Waals surface area (Å²) in [6.45, 7) is 0. The monoisotopic (exact) mass is 335 g/mol. The van der Waals surface area contributed by atoms with E-state index >= 15 is 0 Å². The minimum absolute atomic E-state index is 0.347. The van der Waals surface area contributed by atoms with E-state index < -0.39 is 0 Å². The van der Waals surface area contributed by atoms with Crippen LogP contribution in [0.2, 0.25) is 5.02 Å². The SMILES string of the molecule is COc1ccc2ccccc2c1-c1nc2ccc(Cl)cc2nc1N. The molecule has 0 fully saturated rings. The molecule has 0 spiro atoms. The van der Waals surface area contributed by atoms with Gasteiger partial charge in [0.25, 0.3) is 0 Å². The molecule has 5 heteroatoms. The van der Waals surface area contributed by atoms with Crippen molar-refractivity contribution in [2.75, 3.05) is 12.8 Å². The Kier molecular flexibility index (Phi) is 3.47. The average molecular weight is 336 g/mol. The van der Waals surface area contributed by atoms with Crippen molar-refractivity contribution in [2.24, 2.45) is 0 Å². The van der Waals surface area contributed by atoms with Crippen molar-refractivity contribution in [1.82, 2.24) is 9.97 Å². The van der Waals surface area contributed by atoms with Crippen LogP contribution in [0.4, 0.5) is 5.82 Å². The van der Waals surface area contributed by atoms with Crippen molar-refractivity contribution in [1.29, 1.82) is 0 Å². The Morgan fingerprint density at radius 1 is 0.958 bits per heavy atom. The number of aromatic nitrogens is 2. The van der Waals surface area contributed by atoms with Crippen LogP contribution in [0.1, 0.15) is 0 Å². The number of methoxy groups -OCH3 is 1. The number of benzene rings is 3. The number of halogens is 1. The van der Waals surface area contributed by atoms with Gasteiger partial charge in [0, 0.05) is 5.02 Å². The van der Waals surface area contributed by atoms with E-state index in [4.69, 9.17) is 27.1 Å². The largest absolute Gasteiger partial charge is 0.496 e. The zero-order valence-electron chi connectivity index (χ0n) is 13.0. The van der Waals surface area contributed by atoms with E-state index in [1.807, 2.05) is 42.5 Å². The molecule has 4 rings (SSSR count). The van der Waals surface area contributed by atoms with Crippen molar-refractivity contribution >= 4 is 39.2 Å². The fraction of sp³-hybridized carbons (Fsp3) is 0.0526. The fourth-order valence-electron chi connectivity index (χ4n) is 2.89. The van der Waals surface area contributed by atoms with Crippen LogP contribution in [0.25, 0.3) is 33.1 Å². The lowest BCUT2D eigenvalue weighted by Crippen LogP contribution is -2.00. The summed E-state index contributed by atoms with van der Waals surface area (Å²) in [5.74, 6) is 1.06. The van der Waals surface area contributed by atoms with E-state index in [-0.39, 0.29) is 0 Å². The highest BCUT2D eigenvalue weighted by atomic mass is 35.5. The van der Waals surface area contributed by atoms with E-state index in [1.54, 1.807) is 19.2 Å². The molecule has 118 valence electrons. The summed E-state index contributed by atoms with van der Waals surface area (Å²) in [6, 6.07) is 17.4. The molecule has 0 atom stereocenters. The molecule has 4 nitrogen and oxygen atoms in total. The molecule has 0 radical (unpaired) electrons. The summed E-state index contributed by atoms with van der Waals surface area (Å²) >= 11 is 6.03. The van der Waals surface area contributed by atoms with Crippen molar-refractivity contribution in [3.05, 3.63) is 59.6 Å². The maximum atomic E-state index is 6.21. The molecule has 4 aromatic rings. The first kappa shape index (κ1) is 14.7. The molecule has 0 unspecified atom stereocenters. The Balaban J connectivity index is 2.09. The van der Waals surface area contributed by atoms with Gasteiger partial charge < -0.3 is 10.5 Å². The third-order valence-electron chi connectivity index (χ3n) is 4.00. The van der Waals surface area contributed by atoms with Crippen LogP contribution in [0.5, 0.6) is 5.75 Å². The Hall–Kier alpha value is -2.85. The minimum Gasteiger partial charge on any atom is -0.496 e. The lowest BCUT2D eigenvalue weighted by Gasteiger charge is -2.13. The van der Waals surface area contributed by atoms with Gasteiger partial charge in [-0.25, -0.2) is 9.97 Å². The average Bonchev–Trinajstić information content (AvgIpc) is 2.60. The second-order valence-electron chi connectivity index (χ2n) is 5.45. The quantitative estimate of drug-likeness (QED) is 0.577. The molecule has 0 aliphatic rings. The summed E-state index contributed by atoms with van der Waals surface area (Å²) in [4.78, 5) is 9.19. The highest BCUT2D eigenvalue weighted by molar-refractivity contribution is 6.31. The van der Waals surface area contributed by atoms with Crippen molar-refractivity contribution in [3.63, 3.8) is 0 Å². The molecule has 24 heavy (non-hydrogen) atoms. The molecule has 0 amide bonds.